The molecule has 0 radical (unpaired) electrons. The molecule has 0 aromatic rings. The molecule has 4 atom stereocenters. The van der Waals surface area contributed by atoms with E-state index in [1.54, 1.807) is 6.08 Å². The number of carbonyl (C=O) groups excluding carboxylic acids is 1. The first kappa shape index (κ1) is 24.8. The van der Waals surface area contributed by atoms with Crippen LogP contribution in [0.5, 0.6) is 0 Å². The fourth-order valence-electron chi connectivity index (χ4n) is 3.09. The van der Waals surface area contributed by atoms with Gasteiger partial charge in [0.2, 0.25) is 0 Å². The zero-order valence-electron chi connectivity index (χ0n) is 17.2. The molecule has 0 spiro atoms. The highest BCUT2D eigenvalue weighted by atomic mass is 16.6. The standard InChI is InChI=1S/C23H38O5/c1-2-3-12-16-21-22(28-21)17-14-11-9-7-5-4-6-8-10-13-15-19(25)23(27)20(26)18-24/h4,6,8,10,13,15,20-24,26-27H,2-3,5,7,9,11-12,14,16-18H2,1H3/b6-4+,10-8+,15-13+. The van der Waals surface area contributed by atoms with Crippen LogP contribution < -0.4 is 0 Å². The van der Waals surface area contributed by atoms with Crippen molar-refractivity contribution >= 4 is 5.78 Å². The SMILES string of the molecule is CCCCCC1OC1CCCCCC/C=C/C=C/C=C/C(=O)C(O)C(O)CO. The highest BCUT2D eigenvalue weighted by Gasteiger charge is 2.36. The highest BCUT2D eigenvalue weighted by Crippen LogP contribution is 2.31. The van der Waals surface area contributed by atoms with Crippen LogP contribution in [0.2, 0.25) is 0 Å². The largest absolute Gasteiger partial charge is 0.394 e. The van der Waals surface area contributed by atoms with Crippen molar-refractivity contribution in [3.63, 3.8) is 0 Å². The minimum atomic E-state index is -1.58. The van der Waals surface area contributed by atoms with E-state index in [0.29, 0.717) is 12.2 Å². The van der Waals surface area contributed by atoms with Crippen LogP contribution in [0, 0.1) is 0 Å². The molecule has 28 heavy (non-hydrogen) atoms. The van der Waals surface area contributed by atoms with Crippen molar-refractivity contribution in [2.24, 2.45) is 0 Å². The number of aliphatic hydroxyl groups excluding tert-OH is 3. The lowest BCUT2D eigenvalue weighted by molar-refractivity contribution is -0.129. The van der Waals surface area contributed by atoms with Crippen LogP contribution in [0.15, 0.2) is 36.5 Å². The van der Waals surface area contributed by atoms with Crippen molar-refractivity contribution in [2.75, 3.05) is 6.61 Å². The predicted octanol–water partition coefficient (Wildman–Crippen LogP) is 3.63. The highest BCUT2D eigenvalue weighted by molar-refractivity contribution is 5.94. The summed E-state index contributed by atoms with van der Waals surface area (Å²) in [6, 6.07) is 0. The topological polar surface area (TPSA) is 90.3 Å². The third-order valence-electron chi connectivity index (χ3n) is 4.96. The number of allylic oxidation sites excluding steroid dienone is 5. The molecule has 3 N–H and O–H groups in total. The maximum atomic E-state index is 11.5. The van der Waals surface area contributed by atoms with Gasteiger partial charge in [0.05, 0.1) is 18.8 Å². The molecule has 0 amide bonds. The Kier molecular flexibility index (Phi) is 13.8. The summed E-state index contributed by atoms with van der Waals surface area (Å²) in [6.45, 7) is 1.59. The van der Waals surface area contributed by atoms with Gasteiger partial charge in [0.1, 0.15) is 12.2 Å². The molecular formula is C23H38O5. The van der Waals surface area contributed by atoms with E-state index in [2.05, 4.69) is 13.0 Å². The molecule has 1 aliphatic heterocycles. The van der Waals surface area contributed by atoms with Gasteiger partial charge in [-0.3, -0.25) is 4.79 Å². The van der Waals surface area contributed by atoms with Crippen LogP contribution in [0.25, 0.3) is 0 Å². The number of ether oxygens (including phenoxy) is 1. The zero-order chi connectivity index (χ0) is 20.6. The van der Waals surface area contributed by atoms with E-state index in [1.165, 1.54) is 69.9 Å². The summed E-state index contributed by atoms with van der Waals surface area (Å²) in [7, 11) is 0. The number of aliphatic hydroxyl groups is 3. The molecule has 0 aliphatic carbocycles. The van der Waals surface area contributed by atoms with Crippen molar-refractivity contribution in [3.05, 3.63) is 36.5 Å². The normalized spacial score (nSPS) is 21.7. The number of epoxide rings is 1. The van der Waals surface area contributed by atoms with Gasteiger partial charge in [-0.05, 0) is 31.8 Å². The fourth-order valence-corrected chi connectivity index (χ4v) is 3.09. The summed E-state index contributed by atoms with van der Waals surface area (Å²) in [5.41, 5.74) is 0. The molecule has 1 aliphatic rings. The molecule has 1 saturated heterocycles. The molecule has 4 unspecified atom stereocenters. The zero-order valence-corrected chi connectivity index (χ0v) is 17.2. The van der Waals surface area contributed by atoms with E-state index >= 15 is 0 Å². The molecule has 0 aromatic heterocycles. The summed E-state index contributed by atoms with van der Waals surface area (Å²) in [6.07, 6.45) is 20.6. The lowest BCUT2D eigenvalue weighted by Gasteiger charge is -2.11. The molecule has 1 heterocycles. The van der Waals surface area contributed by atoms with Gasteiger partial charge in [0.25, 0.3) is 0 Å². The van der Waals surface area contributed by atoms with Crippen molar-refractivity contribution < 1.29 is 24.9 Å². The van der Waals surface area contributed by atoms with Crippen molar-refractivity contribution in [1.29, 1.82) is 0 Å². The first-order valence-electron chi connectivity index (χ1n) is 10.8. The fraction of sp³-hybridized carbons (Fsp3) is 0.696. The maximum absolute atomic E-state index is 11.5. The summed E-state index contributed by atoms with van der Waals surface area (Å²) >= 11 is 0. The average molecular weight is 395 g/mol. The van der Waals surface area contributed by atoms with Crippen LogP contribution >= 0.6 is 0 Å². The Morgan fingerprint density at radius 1 is 0.929 bits per heavy atom. The molecule has 0 saturated carbocycles. The molecule has 160 valence electrons. The van der Waals surface area contributed by atoms with Crippen LogP contribution in [0.4, 0.5) is 0 Å². The van der Waals surface area contributed by atoms with Gasteiger partial charge in [-0.15, -0.1) is 0 Å². The number of hydrogen-bond acceptors (Lipinski definition) is 5. The molecule has 1 fully saturated rings. The molecule has 5 nitrogen and oxygen atoms in total. The molecule has 0 aromatic carbocycles. The second kappa shape index (κ2) is 15.6. The molecule has 5 heteroatoms. The van der Waals surface area contributed by atoms with Gasteiger partial charge in [-0.25, -0.2) is 0 Å². The van der Waals surface area contributed by atoms with Gasteiger partial charge in [-0.1, -0.05) is 75.8 Å². The number of hydrogen-bond donors (Lipinski definition) is 3. The predicted molar refractivity (Wildman–Crippen MR) is 112 cm³/mol. The smallest absolute Gasteiger partial charge is 0.186 e. The van der Waals surface area contributed by atoms with Crippen molar-refractivity contribution in [3.8, 4) is 0 Å². The van der Waals surface area contributed by atoms with Gasteiger partial charge < -0.3 is 20.1 Å². The van der Waals surface area contributed by atoms with Gasteiger partial charge in [-0.2, -0.15) is 0 Å². The first-order valence-corrected chi connectivity index (χ1v) is 10.8. The van der Waals surface area contributed by atoms with Crippen molar-refractivity contribution in [1.82, 2.24) is 0 Å². The maximum Gasteiger partial charge on any atom is 0.186 e. The quantitative estimate of drug-likeness (QED) is 0.152. The first-order chi connectivity index (χ1) is 13.6. The number of carbonyl (C=O) groups is 1. The van der Waals surface area contributed by atoms with Crippen molar-refractivity contribution in [2.45, 2.75) is 95.5 Å². The third-order valence-corrected chi connectivity index (χ3v) is 4.96. The molecular weight excluding hydrogens is 356 g/mol. The van der Waals surface area contributed by atoms with Crippen LogP contribution in [-0.4, -0.2) is 52.1 Å². The summed E-state index contributed by atoms with van der Waals surface area (Å²) in [5.74, 6) is -0.626. The van der Waals surface area contributed by atoms with Gasteiger partial charge in [0.15, 0.2) is 5.78 Å². The summed E-state index contributed by atoms with van der Waals surface area (Å²) < 4.78 is 5.72. The number of ketones is 1. The lowest BCUT2D eigenvalue weighted by atomic mass is 10.1. The lowest BCUT2D eigenvalue weighted by Crippen LogP contribution is -2.35. The number of rotatable bonds is 17. The summed E-state index contributed by atoms with van der Waals surface area (Å²) in [4.78, 5) is 11.5. The van der Waals surface area contributed by atoms with Crippen LogP contribution in [0.3, 0.4) is 0 Å². The van der Waals surface area contributed by atoms with E-state index in [-0.39, 0.29) is 0 Å². The third kappa shape index (κ3) is 11.5. The Morgan fingerprint density at radius 2 is 1.57 bits per heavy atom. The Bertz CT molecular complexity index is 497. The van der Waals surface area contributed by atoms with Crippen LogP contribution in [-0.2, 0) is 9.53 Å². The minimum Gasteiger partial charge on any atom is -0.394 e. The Hall–Kier alpha value is -1.27. The minimum absolute atomic E-state index is 0.537. The molecule has 1 rings (SSSR count). The van der Waals surface area contributed by atoms with E-state index in [1.807, 2.05) is 12.2 Å². The average Bonchev–Trinajstić information content (AvgIpc) is 3.45. The summed E-state index contributed by atoms with van der Waals surface area (Å²) in [5, 5.41) is 27.2. The Labute approximate surface area is 169 Å². The van der Waals surface area contributed by atoms with Gasteiger partial charge in [0, 0.05) is 0 Å². The van der Waals surface area contributed by atoms with E-state index < -0.39 is 24.6 Å². The monoisotopic (exact) mass is 394 g/mol. The Balaban J connectivity index is 1.95. The van der Waals surface area contributed by atoms with E-state index in [9.17, 15) is 9.90 Å². The molecule has 0 bridgehead atoms. The van der Waals surface area contributed by atoms with E-state index in [4.69, 9.17) is 14.9 Å². The van der Waals surface area contributed by atoms with Crippen LogP contribution in [0.1, 0.15) is 71.1 Å². The van der Waals surface area contributed by atoms with Gasteiger partial charge >= 0.3 is 0 Å². The Morgan fingerprint density at radius 3 is 2.25 bits per heavy atom. The second-order valence-electron chi connectivity index (χ2n) is 7.47. The second-order valence-corrected chi connectivity index (χ2v) is 7.47. The van der Waals surface area contributed by atoms with E-state index in [0.717, 1.165) is 6.42 Å². The number of unbranched alkanes of at least 4 members (excludes halogenated alkanes) is 6.